The molecule has 0 aliphatic heterocycles. The number of benzene rings is 2. The number of carbonyl (C=O) groups is 1. The highest BCUT2D eigenvalue weighted by atomic mass is 35.5. The number of carbonyl (C=O) groups excluding carboxylic acids is 1. The van der Waals surface area contributed by atoms with Gasteiger partial charge in [0.25, 0.3) is 0 Å². The van der Waals surface area contributed by atoms with E-state index in [0.29, 0.717) is 12.2 Å². The van der Waals surface area contributed by atoms with Crippen LogP contribution in [0.1, 0.15) is 24.2 Å². The van der Waals surface area contributed by atoms with E-state index < -0.39 is 12.1 Å². The third-order valence-electron chi connectivity index (χ3n) is 3.10. The molecule has 0 aliphatic rings. The van der Waals surface area contributed by atoms with Crippen LogP contribution in [0, 0.1) is 0 Å². The molecule has 0 aliphatic carbocycles. The Morgan fingerprint density at radius 1 is 1.27 bits per heavy atom. The third kappa shape index (κ3) is 4.13. The third-order valence-corrected chi connectivity index (χ3v) is 3.38. The molecule has 5 nitrogen and oxygen atoms in total. The van der Waals surface area contributed by atoms with E-state index >= 15 is 0 Å². The second kappa shape index (κ2) is 7.15. The van der Waals surface area contributed by atoms with Crippen LogP contribution < -0.4 is 10.6 Å². The van der Waals surface area contributed by atoms with Gasteiger partial charge in [-0.05, 0) is 24.6 Å². The highest BCUT2D eigenvalue weighted by Crippen LogP contribution is 2.34. The summed E-state index contributed by atoms with van der Waals surface area (Å²) in [5.41, 5.74) is 1.63. The number of anilines is 1. The van der Waals surface area contributed by atoms with Crippen molar-refractivity contribution in [3.05, 3.63) is 58.6 Å². The van der Waals surface area contributed by atoms with Gasteiger partial charge in [-0.3, -0.25) is 0 Å². The van der Waals surface area contributed by atoms with Crippen molar-refractivity contribution in [3.8, 4) is 5.75 Å². The summed E-state index contributed by atoms with van der Waals surface area (Å²) in [4.78, 5) is 11.9. The van der Waals surface area contributed by atoms with Crippen LogP contribution in [-0.2, 0) is 6.54 Å². The van der Waals surface area contributed by atoms with Crippen molar-refractivity contribution in [2.45, 2.75) is 19.6 Å². The van der Waals surface area contributed by atoms with Crippen LogP contribution in [-0.4, -0.2) is 16.2 Å². The van der Waals surface area contributed by atoms with E-state index in [9.17, 15) is 15.0 Å². The summed E-state index contributed by atoms with van der Waals surface area (Å²) in [5, 5.41) is 24.7. The van der Waals surface area contributed by atoms with E-state index in [1.807, 2.05) is 30.3 Å². The zero-order valence-electron chi connectivity index (χ0n) is 12.0. The molecular formula is C16H17ClN2O3. The number of hydrogen-bond acceptors (Lipinski definition) is 3. The maximum absolute atomic E-state index is 11.9. The first-order valence-electron chi connectivity index (χ1n) is 6.76. The zero-order chi connectivity index (χ0) is 16.1. The Balaban J connectivity index is 2.02. The smallest absolute Gasteiger partial charge is 0.319 e. The fourth-order valence-corrected chi connectivity index (χ4v) is 2.19. The molecule has 2 amide bonds. The van der Waals surface area contributed by atoms with Gasteiger partial charge in [-0.15, -0.1) is 0 Å². The first-order chi connectivity index (χ1) is 10.5. The average molecular weight is 321 g/mol. The SMILES string of the molecule is CC(O)c1cc(NC(=O)NCc2ccccc2)cc(Cl)c1O. The van der Waals surface area contributed by atoms with E-state index in [-0.39, 0.29) is 16.3 Å². The number of nitrogens with one attached hydrogen (secondary N) is 2. The van der Waals surface area contributed by atoms with Crippen molar-refractivity contribution < 1.29 is 15.0 Å². The fraction of sp³-hybridized carbons (Fsp3) is 0.188. The molecule has 0 heterocycles. The predicted octanol–water partition coefficient (Wildman–Crippen LogP) is 3.42. The standard InChI is InChI=1S/C16H17ClN2O3/c1-10(20)13-7-12(8-14(17)15(13)21)19-16(22)18-9-11-5-3-2-4-6-11/h2-8,10,20-21H,9H2,1H3,(H2,18,19,22). The summed E-state index contributed by atoms with van der Waals surface area (Å²) < 4.78 is 0. The molecule has 22 heavy (non-hydrogen) atoms. The minimum Gasteiger partial charge on any atom is -0.506 e. The second-order valence-corrected chi connectivity index (χ2v) is 5.27. The molecule has 0 bridgehead atoms. The van der Waals surface area contributed by atoms with Gasteiger partial charge in [0.05, 0.1) is 11.1 Å². The van der Waals surface area contributed by atoms with E-state index in [1.165, 1.54) is 19.1 Å². The lowest BCUT2D eigenvalue weighted by Gasteiger charge is -2.13. The Morgan fingerprint density at radius 2 is 1.95 bits per heavy atom. The zero-order valence-corrected chi connectivity index (χ0v) is 12.8. The molecule has 1 unspecified atom stereocenters. The Hall–Kier alpha value is -2.24. The number of phenolic OH excluding ortho intramolecular Hbond substituents is 1. The molecule has 0 saturated heterocycles. The minimum absolute atomic E-state index is 0.0664. The number of hydrogen-bond donors (Lipinski definition) is 4. The fourth-order valence-electron chi connectivity index (χ4n) is 1.96. The van der Waals surface area contributed by atoms with Crippen molar-refractivity contribution in [2.75, 3.05) is 5.32 Å². The molecule has 2 aromatic carbocycles. The molecule has 2 rings (SSSR count). The first kappa shape index (κ1) is 16.1. The van der Waals surface area contributed by atoms with Gasteiger partial charge < -0.3 is 20.8 Å². The molecule has 2 aromatic rings. The summed E-state index contributed by atoms with van der Waals surface area (Å²) in [6.07, 6.45) is -0.897. The number of aliphatic hydroxyl groups is 1. The lowest BCUT2D eigenvalue weighted by atomic mass is 10.1. The van der Waals surface area contributed by atoms with E-state index in [0.717, 1.165) is 5.56 Å². The molecule has 0 radical (unpaired) electrons. The Morgan fingerprint density at radius 3 is 2.59 bits per heavy atom. The lowest BCUT2D eigenvalue weighted by molar-refractivity contribution is 0.195. The van der Waals surface area contributed by atoms with Gasteiger partial charge in [-0.2, -0.15) is 0 Å². The molecule has 116 valence electrons. The average Bonchev–Trinajstić information content (AvgIpc) is 2.49. The Bertz CT molecular complexity index is 660. The molecule has 0 saturated carbocycles. The minimum atomic E-state index is -0.897. The van der Waals surface area contributed by atoms with Crippen LogP contribution in [0.5, 0.6) is 5.75 Å². The summed E-state index contributed by atoms with van der Waals surface area (Å²) >= 11 is 5.89. The monoisotopic (exact) mass is 320 g/mol. The normalized spacial score (nSPS) is 11.8. The number of amides is 2. The van der Waals surface area contributed by atoms with E-state index in [1.54, 1.807) is 0 Å². The highest BCUT2D eigenvalue weighted by molar-refractivity contribution is 6.32. The van der Waals surface area contributed by atoms with Crippen LogP contribution in [0.15, 0.2) is 42.5 Å². The Labute approximate surface area is 133 Å². The number of rotatable bonds is 4. The van der Waals surface area contributed by atoms with Crippen LogP contribution in [0.4, 0.5) is 10.5 Å². The second-order valence-electron chi connectivity index (χ2n) is 4.87. The summed E-state index contributed by atoms with van der Waals surface area (Å²) in [7, 11) is 0. The van der Waals surface area contributed by atoms with E-state index in [4.69, 9.17) is 11.6 Å². The summed E-state index contributed by atoms with van der Waals surface area (Å²) in [6.45, 7) is 1.90. The number of aromatic hydroxyl groups is 1. The molecule has 1 atom stereocenters. The summed E-state index contributed by atoms with van der Waals surface area (Å²) in [5.74, 6) is -0.188. The quantitative estimate of drug-likeness (QED) is 0.651. The van der Waals surface area contributed by atoms with Crippen LogP contribution in [0.25, 0.3) is 0 Å². The van der Waals surface area contributed by atoms with Gasteiger partial charge in [0.2, 0.25) is 0 Å². The molecule has 4 N–H and O–H groups in total. The van der Waals surface area contributed by atoms with E-state index in [2.05, 4.69) is 10.6 Å². The van der Waals surface area contributed by atoms with Crippen LogP contribution >= 0.6 is 11.6 Å². The van der Waals surface area contributed by atoms with Gasteiger partial charge in [-0.1, -0.05) is 41.9 Å². The van der Waals surface area contributed by atoms with Crippen LogP contribution in [0.2, 0.25) is 5.02 Å². The van der Waals surface area contributed by atoms with Gasteiger partial charge in [0, 0.05) is 17.8 Å². The van der Waals surface area contributed by atoms with Crippen LogP contribution in [0.3, 0.4) is 0 Å². The molecule has 0 aromatic heterocycles. The lowest BCUT2D eigenvalue weighted by Crippen LogP contribution is -2.28. The van der Waals surface area contributed by atoms with Gasteiger partial charge in [0.15, 0.2) is 0 Å². The number of halogens is 1. The highest BCUT2D eigenvalue weighted by Gasteiger charge is 2.13. The van der Waals surface area contributed by atoms with Crippen molar-refractivity contribution in [1.82, 2.24) is 5.32 Å². The van der Waals surface area contributed by atoms with Crippen molar-refractivity contribution >= 4 is 23.3 Å². The summed E-state index contributed by atoms with van der Waals surface area (Å²) in [6, 6.07) is 12.0. The first-order valence-corrected chi connectivity index (χ1v) is 7.14. The van der Waals surface area contributed by atoms with Gasteiger partial charge in [-0.25, -0.2) is 4.79 Å². The van der Waals surface area contributed by atoms with Gasteiger partial charge >= 0.3 is 6.03 Å². The number of phenols is 1. The molecule has 0 spiro atoms. The predicted molar refractivity (Wildman–Crippen MR) is 86.1 cm³/mol. The molecule has 0 fully saturated rings. The maximum Gasteiger partial charge on any atom is 0.319 e. The topological polar surface area (TPSA) is 81.6 Å². The van der Waals surface area contributed by atoms with Crippen molar-refractivity contribution in [1.29, 1.82) is 0 Å². The van der Waals surface area contributed by atoms with Crippen molar-refractivity contribution in [2.24, 2.45) is 0 Å². The van der Waals surface area contributed by atoms with Gasteiger partial charge in [0.1, 0.15) is 5.75 Å². The molecular weight excluding hydrogens is 304 g/mol. The number of urea groups is 1. The van der Waals surface area contributed by atoms with Crippen molar-refractivity contribution in [3.63, 3.8) is 0 Å². The number of aliphatic hydroxyl groups excluding tert-OH is 1. The largest absolute Gasteiger partial charge is 0.506 e. The maximum atomic E-state index is 11.9. The molecule has 6 heteroatoms. The Kier molecular flexibility index (Phi) is 5.25.